The van der Waals surface area contributed by atoms with Crippen molar-refractivity contribution in [2.45, 2.75) is 19.9 Å². The minimum atomic E-state index is -3.47. The summed E-state index contributed by atoms with van der Waals surface area (Å²) in [5.41, 5.74) is 1.51. The highest BCUT2D eigenvalue weighted by molar-refractivity contribution is 7.86. The van der Waals surface area contributed by atoms with Crippen molar-refractivity contribution >= 4 is 21.2 Å². The number of rotatable bonds is 5. The maximum atomic E-state index is 12.8. The van der Waals surface area contributed by atoms with Crippen molar-refractivity contribution in [1.82, 2.24) is 13.5 Å². The van der Waals surface area contributed by atoms with Crippen LogP contribution in [-0.4, -0.2) is 79.5 Å². The van der Waals surface area contributed by atoms with Crippen LogP contribution in [0.4, 0.5) is 0 Å². The zero-order chi connectivity index (χ0) is 21.3. The first-order valence-electron chi connectivity index (χ1n) is 10.2. The van der Waals surface area contributed by atoms with Gasteiger partial charge in [-0.3, -0.25) is 4.90 Å². The number of piperazine rings is 1. The van der Waals surface area contributed by atoms with Crippen molar-refractivity contribution in [1.29, 1.82) is 0 Å². The first-order valence-corrected chi connectivity index (χ1v) is 11.6. The van der Waals surface area contributed by atoms with E-state index in [1.165, 1.54) is 20.7 Å². The number of fused-ring (bicyclic) bond motifs is 1. The molecule has 0 aliphatic carbocycles. The molecule has 1 aromatic carbocycles. The lowest BCUT2D eigenvalue weighted by molar-refractivity contribution is 0.0684. The molecule has 2 saturated heterocycles. The molecule has 2 fully saturated rings. The van der Waals surface area contributed by atoms with E-state index in [-0.39, 0.29) is 5.75 Å². The largest absolute Gasteiger partial charge is 0.508 e. The van der Waals surface area contributed by atoms with E-state index in [2.05, 4.69) is 4.90 Å². The molecule has 1 N–H and O–H groups in total. The smallest absolute Gasteiger partial charge is 0.336 e. The third kappa shape index (κ3) is 4.23. The van der Waals surface area contributed by atoms with Gasteiger partial charge in [0.25, 0.3) is 10.2 Å². The Labute approximate surface area is 175 Å². The molecule has 30 heavy (non-hydrogen) atoms. The zero-order valence-corrected chi connectivity index (χ0v) is 17.9. The first kappa shape index (κ1) is 21.3. The van der Waals surface area contributed by atoms with Crippen LogP contribution >= 0.6 is 0 Å². The summed E-state index contributed by atoms with van der Waals surface area (Å²) in [5, 5.41) is 10.9. The Bertz CT molecular complexity index is 1070. The van der Waals surface area contributed by atoms with Gasteiger partial charge < -0.3 is 14.3 Å². The quantitative estimate of drug-likeness (QED) is 0.689. The second-order valence-corrected chi connectivity index (χ2v) is 9.54. The van der Waals surface area contributed by atoms with Gasteiger partial charge in [-0.1, -0.05) is 6.92 Å². The molecule has 3 heterocycles. The molecule has 0 bridgehead atoms. The van der Waals surface area contributed by atoms with Gasteiger partial charge in [0.15, 0.2) is 0 Å². The van der Waals surface area contributed by atoms with Gasteiger partial charge in [0, 0.05) is 63.3 Å². The molecule has 10 heteroatoms. The Morgan fingerprint density at radius 2 is 1.63 bits per heavy atom. The predicted octanol–water partition coefficient (Wildman–Crippen LogP) is 0.756. The topological polar surface area (TPSA) is 104 Å². The van der Waals surface area contributed by atoms with Gasteiger partial charge in [0.1, 0.15) is 11.3 Å². The molecule has 0 saturated carbocycles. The van der Waals surface area contributed by atoms with E-state index >= 15 is 0 Å². The average Bonchev–Trinajstić information content (AvgIpc) is 2.74. The van der Waals surface area contributed by atoms with E-state index in [9.17, 15) is 18.3 Å². The lowest BCUT2D eigenvalue weighted by Crippen LogP contribution is -2.54. The fraction of sp³-hybridized carbons (Fsp3) is 0.550. The van der Waals surface area contributed by atoms with Gasteiger partial charge in [-0.15, -0.1) is 0 Å². The Morgan fingerprint density at radius 1 is 0.967 bits per heavy atom. The van der Waals surface area contributed by atoms with Gasteiger partial charge in [-0.05, 0) is 23.6 Å². The lowest BCUT2D eigenvalue weighted by Gasteiger charge is -2.37. The van der Waals surface area contributed by atoms with Gasteiger partial charge in [0.2, 0.25) is 0 Å². The normalized spacial score (nSPS) is 20.0. The van der Waals surface area contributed by atoms with Crippen LogP contribution in [0.5, 0.6) is 5.75 Å². The predicted molar refractivity (Wildman–Crippen MR) is 112 cm³/mol. The van der Waals surface area contributed by atoms with Crippen LogP contribution in [0.2, 0.25) is 0 Å². The van der Waals surface area contributed by atoms with E-state index in [0.29, 0.717) is 71.0 Å². The first-order chi connectivity index (χ1) is 14.4. The monoisotopic (exact) mass is 437 g/mol. The summed E-state index contributed by atoms with van der Waals surface area (Å²) in [6.45, 7) is 6.06. The molecule has 2 aliphatic rings. The number of aryl methyl sites for hydroxylation is 1. The number of phenolic OH excluding ortho intramolecular Hbond substituents is 1. The van der Waals surface area contributed by atoms with Gasteiger partial charge >= 0.3 is 5.63 Å². The highest BCUT2D eigenvalue weighted by atomic mass is 32.2. The van der Waals surface area contributed by atoms with Crippen molar-refractivity contribution in [3.63, 3.8) is 0 Å². The minimum Gasteiger partial charge on any atom is -0.508 e. The van der Waals surface area contributed by atoms with Gasteiger partial charge in [-0.2, -0.15) is 17.0 Å². The third-order valence-electron chi connectivity index (χ3n) is 5.76. The fourth-order valence-electron chi connectivity index (χ4n) is 4.02. The molecule has 0 amide bonds. The van der Waals surface area contributed by atoms with Crippen molar-refractivity contribution in [3.05, 3.63) is 39.7 Å². The molecule has 0 spiro atoms. The van der Waals surface area contributed by atoms with Gasteiger partial charge in [-0.25, -0.2) is 4.79 Å². The second kappa shape index (κ2) is 8.64. The van der Waals surface area contributed by atoms with Crippen LogP contribution in [0, 0.1) is 0 Å². The molecule has 0 atom stereocenters. The highest BCUT2D eigenvalue weighted by Gasteiger charge is 2.33. The molecule has 0 radical (unpaired) electrons. The number of nitrogens with zero attached hydrogens (tertiary/aromatic N) is 3. The number of ether oxygens (including phenoxy) is 1. The Balaban J connectivity index is 1.49. The Morgan fingerprint density at radius 3 is 2.30 bits per heavy atom. The molecule has 1 aromatic heterocycles. The van der Waals surface area contributed by atoms with Crippen LogP contribution < -0.4 is 5.63 Å². The number of hydrogen-bond acceptors (Lipinski definition) is 7. The average molecular weight is 438 g/mol. The minimum absolute atomic E-state index is 0.118. The number of morpholine rings is 1. The number of benzene rings is 1. The summed E-state index contributed by atoms with van der Waals surface area (Å²) in [4.78, 5) is 14.1. The van der Waals surface area contributed by atoms with E-state index in [1.807, 2.05) is 13.0 Å². The summed E-state index contributed by atoms with van der Waals surface area (Å²) >= 11 is 0. The summed E-state index contributed by atoms with van der Waals surface area (Å²) in [7, 11) is -3.47. The maximum absolute atomic E-state index is 12.8. The van der Waals surface area contributed by atoms with Crippen LogP contribution in [0.15, 0.2) is 27.4 Å². The van der Waals surface area contributed by atoms with Crippen molar-refractivity contribution in [3.8, 4) is 5.75 Å². The molecule has 9 nitrogen and oxygen atoms in total. The molecule has 4 rings (SSSR count). The SMILES string of the molecule is CCc1cc2c(CN3CCN(S(=O)(=O)N4CCOCC4)CC3)cc(=O)oc2cc1O. The molecule has 2 aliphatic heterocycles. The third-order valence-corrected chi connectivity index (χ3v) is 7.79. The van der Waals surface area contributed by atoms with Crippen molar-refractivity contribution in [2.75, 3.05) is 52.5 Å². The molecule has 2 aromatic rings. The molecule has 0 unspecified atom stereocenters. The zero-order valence-electron chi connectivity index (χ0n) is 17.0. The summed E-state index contributed by atoms with van der Waals surface area (Å²) in [6.07, 6.45) is 0.665. The van der Waals surface area contributed by atoms with Crippen LogP contribution in [0.1, 0.15) is 18.1 Å². The van der Waals surface area contributed by atoms with E-state index < -0.39 is 15.8 Å². The van der Waals surface area contributed by atoms with Crippen LogP contribution in [0.3, 0.4) is 0 Å². The van der Waals surface area contributed by atoms with Crippen LogP contribution in [0.25, 0.3) is 11.0 Å². The number of phenols is 1. The molecular weight excluding hydrogens is 410 g/mol. The second-order valence-electron chi connectivity index (χ2n) is 7.62. The van der Waals surface area contributed by atoms with E-state index in [1.54, 1.807) is 0 Å². The summed E-state index contributed by atoms with van der Waals surface area (Å²) in [6, 6.07) is 4.84. The van der Waals surface area contributed by atoms with Gasteiger partial charge in [0.05, 0.1) is 13.2 Å². The lowest BCUT2D eigenvalue weighted by atomic mass is 10.0. The molecule has 164 valence electrons. The standard InChI is InChI=1S/C20H27N3O6S/c1-2-15-11-17-16(12-20(25)29-19(17)13-18(15)24)14-21-3-5-22(6-4-21)30(26,27)23-7-9-28-10-8-23/h11-13,24H,2-10,14H2,1H3. The fourth-order valence-corrected chi connectivity index (χ4v) is 5.58. The number of aromatic hydroxyl groups is 1. The van der Waals surface area contributed by atoms with Crippen molar-refractivity contribution in [2.24, 2.45) is 0 Å². The summed E-state index contributed by atoms with van der Waals surface area (Å²) in [5.74, 6) is 0.118. The maximum Gasteiger partial charge on any atom is 0.336 e. The van der Waals surface area contributed by atoms with E-state index in [4.69, 9.17) is 9.15 Å². The summed E-state index contributed by atoms with van der Waals surface area (Å²) < 4.78 is 39.2. The molecular formula is C20H27N3O6S. The van der Waals surface area contributed by atoms with Crippen molar-refractivity contribution < 1.29 is 22.7 Å². The van der Waals surface area contributed by atoms with Crippen LogP contribution in [-0.2, 0) is 27.9 Å². The Kier molecular flexibility index (Phi) is 6.12. The van der Waals surface area contributed by atoms with E-state index in [0.717, 1.165) is 16.5 Å². The number of hydrogen-bond donors (Lipinski definition) is 1. The Hall–Kier alpha value is -1.98. The highest BCUT2D eigenvalue weighted by Crippen LogP contribution is 2.28.